The molecule has 0 fully saturated rings. The third-order valence-electron chi connectivity index (χ3n) is 4.15. The van der Waals surface area contributed by atoms with E-state index in [0.29, 0.717) is 30.3 Å². The Morgan fingerprint density at radius 1 is 1.21 bits per heavy atom. The van der Waals surface area contributed by atoms with E-state index in [4.69, 9.17) is 4.74 Å². The molecule has 0 aliphatic carbocycles. The number of aryl methyl sites for hydroxylation is 1. The van der Waals surface area contributed by atoms with Crippen molar-refractivity contribution in [2.24, 2.45) is 0 Å². The van der Waals surface area contributed by atoms with Crippen LogP contribution in [0, 0.1) is 0 Å². The fourth-order valence-electron chi connectivity index (χ4n) is 2.63. The van der Waals surface area contributed by atoms with Gasteiger partial charge < -0.3 is 15.0 Å². The van der Waals surface area contributed by atoms with Gasteiger partial charge in [-0.2, -0.15) is 0 Å². The number of nitrogens with one attached hydrogen (secondary N) is 2. The maximum absolute atomic E-state index is 12.3. The van der Waals surface area contributed by atoms with Crippen LogP contribution in [0.3, 0.4) is 0 Å². The molecule has 1 amide bonds. The summed E-state index contributed by atoms with van der Waals surface area (Å²) >= 11 is 0. The van der Waals surface area contributed by atoms with Gasteiger partial charge in [-0.25, -0.2) is 0 Å². The fourth-order valence-corrected chi connectivity index (χ4v) is 2.63. The molecule has 2 N–H and O–H groups in total. The quantitative estimate of drug-likeness (QED) is 0.577. The molecule has 2 aromatic heterocycles. The standard InChI is InChI=1S/C21H23N5O3/c1-2-11-29-17-7-3-6-16(12-17)20-24-21(28)18(25-26-20)8-9-19(27)23-14-15-5-4-10-22-13-15/h3-7,10,12-13H,2,8-9,11,14H2,1H3,(H,23,27)(H,24,26,28). The predicted octanol–water partition coefficient (Wildman–Crippen LogP) is 2.26. The van der Waals surface area contributed by atoms with E-state index in [2.05, 4.69) is 25.5 Å². The van der Waals surface area contributed by atoms with Crippen molar-refractivity contribution in [1.29, 1.82) is 0 Å². The Kier molecular flexibility index (Phi) is 7.05. The molecule has 8 nitrogen and oxygen atoms in total. The number of amides is 1. The molecule has 29 heavy (non-hydrogen) atoms. The molecule has 3 aromatic rings. The van der Waals surface area contributed by atoms with E-state index < -0.39 is 0 Å². The Hall–Kier alpha value is -3.55. The highest BCUT2D eigenvalue weighted by Crippen LogP contribution is 2.20. The van der Waals surface area contributed by atoms with E-state index in [1.54, 1.807) is 18.5 Å². The summed E-state index contributed by atoms with van der Waals surface area (Å²) in [5, 5.41) is 10.9. The first-order chi connectivity index (χ1) is 14.2. The SMILES string of the molecule is CCCOc1cccc(-c2nnc(CCC(=O)NCc3cccnc3)c(=O)[nH]2)c1. The average molecular weight is 393 g/mol. The molecule has 0 bridgehead atoms. The molecule has 150 valence electrons. The van der Waals surface area contributed by atoms with Crippen molar-refractivity contribution in [3.05, 3.63) is 70.4 Å². The van der Waals surface area contributed by atoms with Gasteiger partial charge in [-0.15, -0.1) is 10.2 Å². The van der Waals surface area contributed by atoms with E-state index >= 15 is 0 Å². The highest BCUT2D eigenvalue weighted by molar-refractivity contribution is 5.76. The number of aromatic amines is 1. The second kappa shape index (κ2) is 10.1. The number of carbonyl (C=O) groups excluding carboxylic acids is 1. The number of carbonyl (C=O) groups is 1. The number of hydrogen-bond acceptors (Lipinski definition) is 6. The number of nitrogens with zero attached hydrogens (tertiary/aromatic N) is 3. The lowest BCUT2D eigenvalue weighted by Crippen LogP contribution is -2.25. The van der Waals surface area contributed by atoms with Crippen LogP contribution in [0.2, 0.25) is 0 Å². The first kappa shape index (κ1) is 20.2. The van der Waals surface area contributed by atoms with Crippen LogP contribution in [0.1, 0.15) is 31.0 Å². The van der Waals surface area contributed by atoms with E-state index in [-0.39, 0.29) is 30.0 Å². The van der Waals surface area contributed by atoms with Crippen LogP contribution in [0.4, 0.5) is 0 Å². The van der Waals surface area contributed by atoms with Crippen molar-refractivity contribution >= 4 is 5.91 Å². The lowest BCUT2D eigenvalue weighted by atomic mass is 10.2. The Morgan fingerprint density at radius 2 is 2.10 bits per heavy atom. The minimum atomic E-state index is -0.352. The number of pyridine rings is 1. The number of aromatic nitrogens is 4. The van der Waals surface area contributed by atoms with E-state index in [1.165, 1.54) is 0 Å². The zero-order valence-corrected chi connectivity index (χ0v) is 16.2. The highest BCUT2D eigenvalue weighted by atomic mass is 16.5. The summed E-state index contributed by atoms with van der Waals surface area (Å²) in [6.07, 6.45) is 4.64. The summed E-state index contributed by atoms with van der Waals surface area (Å²) in [5.74, 6) is 0.906. The van der Waals surface area contributed by atoms with Crippen molar-refractivity contribution < 1.29 is 9.53 Å². The monoisotopic (exact) mass is 393 g/mol. The van der Waals surface area contributed by atoms with Crippen molar-refractivity contribution in [3.63, 3.8) is 0 Å². The number of hydrogen-bond donors (Lipinski definition) is 2. The smallest absolute Gasteiger partial charge is 0.273 e. The van der Waals surface area contributed by atoms with Gasteiger partial charge in [0.05, 0.1) is 6.61 Å². The van der Waals surface area contributed by atoms with E-state index in [1.807, 2.05) is 37.3 Å². The Morgan fingerprint density at radius 3 is 2.86 bits per heavy atom. The van der Waals surface area contributed by atoms with E-state index in [9.17, 15) is 9.59 Å². The summed E-state index contributed by atoms with van der Waals surface area (Å²) in [6.45, 7) is 3.04. The summed E-state index contributed by atoms with van der Waals surface area (Å²) < 4.78 is 5.60. The van der Waals surface area contributed by atoms with Gasteiger partial charge in [0, 0.05) is 37.3 Å². The third kappa shape index (κ3) is 5.97. The van der Waals surface area contributed by atoms with Crippen LogP contribution in [0.25, 0.3) is 11.4 Å². The number of H-pyrrole nitrogens is 1. The first-order valence-corrected chi connectivity index (χ1v) is 9.50. The number of rotatable bonds is 9. The van der Waals surface area contributed by atoms with Crippen LogP contribution < -0.4 is 15.6 Å². The minimum absolute atomic E-state index is 0.151. The van der Waals surface area contributed by atoms with Gasteiger partial charge in [0.25, 0.3) is 5.56 Å². The molecule has 0 aliphatic heterocycles. The molecule has 0 spiro atoms. The molecule has 3 rings (SSSR count). The molecule has 0 aliphatic rings. The number of benzene rings is 1. The first-order valence-electron chi connectivity index (χ1n) is 9.50. The second-order valence-electron chi connectivity index (χ2n) is 6.46. The molecule has 0 radical (unpaired) electrons. The summed E-state index contributed by atoms with van der Waals surface area (Å²) in [4.78, 5) is 31.1. The molecule has 1 aromatic carbocycles. The van der Waals surface area contributed by atoms with Gasteiger partial charge in [-0.3, -0.25) is 14.6 Å². The van der Waals surface area contributed by atoms with Crippen molar-refractivity contribution in [3.8, 4) is 17.1 Å². The van der Waals surface area contributed by atoms with Crippen LogP contribution in [-0.4, -0.2) is 32.7 Å². The van der Waals surface area contributed by atoms with Gasteiger partial charge in [-0.1, -0.05) is 25.1 Å². The summed E-state index contributed by atoms with van der Waals surface area (Å²) in [5.41, 5.74) is 1.50. The third-order valence-corrected chi connectivity index (χ3v) is 4.15. The normalized spacial score (nSPS) is 10.5. The van der Waals surface area contributed by atoms with Gasteiger partial charge in [-0.05, 0) is 30.2 Å². The Labute approximate surface area is 168 Å². The van der Waals surface area contributed by atoms with Gasteiger partial charge in [0.2, 0.25) is 5.91 Å². The molecular formula is C21H23N5O3. The summed E-state index contributed by atoms with van der Waals surface area (Å²) in [7, 11) is 0. The molecule has 0 atom stereocenters. The molecular weight excluding hydrogens is 370 g/mol. The highest BCUT2D eigenvalue weighted by Gasteiger charge is 2.10. The van der Waals surface area contributed by atoms with Gasteiger partial charge in [0.1, 0.15) is 11.4 Å². The van der Waals surface area contributed by atoms with Crippen LogP contribution in [0.5, 0.6) is 5.75 Å². The van der Waals surface area contributed by atoms with E-state index in [0.717, 1.165) is 12.0 Å². The second-order valence-corrected chi connectivity index (χ2v) is 6.46. The molecule has 2 heterocycles. The van der Waals surface area contributed by atoms with Crippen molar-refractivity contribution in [1.82, 2.24) is 25.5 Å². The zero-order valence-electron chi connectivity index (χ0n) is 16.2. The summed E-state index contributed by atoms with van der Waals surface area (Å²) in [6, 6.07) is 11.0. The molecule has 0 saturated carbocycles. The molecule has 0 unspecified atom stereocenters. The average Bonchev–Trinajstić information content (AvgIpc) is 2.76. The number of ether oxygens (including phenoxy) is 1. The van der Waals surface area contributed by atoms with Crippen molar-refractivity contribution in [2.45, 2.75) is 32.7 Å². The largest absolute Gasteiger partial charge is 0.494 e. The Balaban J connectivity index is 1.58. The predicted molar refractivity (Wildman–Crippen MR) is 108 cm³/mol. The molecule has 0 saturated heterocycles. The maximum atomic E-state index is 12.3. The van der Waals surface area contributed by atoms with Crippen LogP contribution in [-0.2, 0) is 17.8 Å². The van der Waals surface area contributed by atoms with Gasteiger partial charge in [0.15, 0.2) is 5.82 Å². The topological polar surface area (TPSA) is 110 Å². The van der Waals surface area contributed by atoms with Crippen LogP contribution in [0.15, 0.2) is 53.6 Å². The zero-order chi connectivity index (χ0) is 20.5. The maximum Gasteiger partial charge on any atom is 0.273 e. The van der Waals surface area contributed by atoms with Crippen LogP contribution >= 0.6 is 0 Å². The molecule has 8 heteroatoms. The Bertz CT molecular complexity index is 1000. The van der Waals surface area contributed by atoms with Crippen molar-refractivity contribution in [2.75, 3.05) is 6.61 Å². The van der Waals surface area contributed by atoms with Gasteiger partial charge >= 0.3 is 0 Å². The fraction of sp³-hybridized carbons (Fsp3) is 0.286. The lowest BCUT2D eigenvalue weighted by molar-refractivity contribution is -0.121. The minimum Gasteiger partial charge on any atom is -0.494 e. The lowest BCUT2D eigenvalue weighted by Gasteiger charge is -2.07.